The van der Waals surface area contributed by atoms with E-state index in [2.05, 4.69) is 15.9 Å². The van der Waals surface area contributed by atoms with Crippen molar-refractivity contribution < 1.29 is 18.8 Å². The minimum absolute atomic E-state index is 0.132. The molecule has 0 radical (unpaired) electrons. The zero-order valence-corrected chi connectivity index (χ0v) is 22.7. The summed E-state index contributed by atoms with van der Waals surface area (Å²) in [6, 6.07) is 15.2. The Morgan fingerprint density at radius 3 is 1.42 bits per heavy atom. The van der Waals surface area contributed by atoms with E-state index in [9.17, 15) is 0 Å². The van der Waals surface area contributed by atoms with Gasteiger partial charge in [-0.25, -0.2) is 0 Å². The van der Waals surface area contributed by atoms with Crippen LogP contribution in [-0.4, -0.2) is 36.3 Å². The van der Waals surface area contributed by atoms with Crippen molar-refractivity contribution in [3.63, 3.8) is 0 Å². The topological polar surface area (TPSA) is 89.0 Å². The van der Waals surface area contributed by atoms with E-state index >= 15 is 0 Å². The van der Waals surface area contributed by atoms with Crippen molar-refractivity contribution in [1.82, 2.24) is 0 Å². The van der Waals surface area contributed by atoms with Crippen molar-refractivity contribution in [2.45, 2.75) is 77.8 Å². The molecule has 2 aromatic rings. The third-order valence-electron chi connectivity index (χ3n) is 6.70. The fourth-order valence-corrected chi connectivity index (χ4v) is 3.13. The van der Waals surface area contributed by atoms with E-state index in [0.717, 1.165) is 15.6 Å². The number of ether oxygens (including phenoxy) is 2. The molecule has 0 atom stereocenters. The molecule has 2 heterocycles. The van der Waals surface area contributed by atoms with Crippen molar-refractivity contribution in [3.05, 3.63) is 53.0 Å². The van der Waals surface area contributed by atoms with Crippen LogP contribution in [0.3, 0.4) is 0 Å². The molecule has 0 unspecified atom stereocenters. The third kappa shape index (κ3) is 6.73. The van der Waals surface area contributed by atoms with Crippen LogP contribution in [0.2, 0.25) is 0 Å². The molecule has 4 rings (SSSR count). The molecule has 2 aromatic carbocycles. The van der Waals surface area contributed by atoms with Gasteiger partial charge in [-0.2, -0.15) is 0 Å². The number of para-hydroxylation sites is 2. The Morgan fingerprint density at radius 1 is 0.667 bits per heavy atom. The van der Waals surface area contributed by atoms with E-state index in [0.29, 0.717) is 12.5 Å². The Labute approximate surface area is 207 Å². The Morgan fingerprint density at radius 2 is 1.09 bits per heavy atom. The number of anilines is 2. The molecular weight excluding hydrogens is 483 g/mol. The van der Waals surface area contributed by atoms with Crippen molar-refractivity contribution in [1.29, 1.82) is 0 Å². The Bertz CT molecular complexity index is 883. The number of nitrogens with two attached hydrogens (primary N) is 2. The lowest BCUT2D eigenvalue weighted by Crippen LogP contribution is -2.41. The fraction of sp³-hybridized carbons (Fsp3) is 0.520. The van der Waals surface area contributed by atoms with Crippen LogP contribution >= 0.6 is 15.9 Å². The first-order chi connectivity index (χ1) is 15.1. The predicted octanol–water partition coefficient (Wildman–Crippen LogP) is 5.15. The summed E-state index contributed by atoms with van der Waals surface area (Å²) in [5, 5.41) is 0. The molecule has 4 N–H and O–H groups in total. The summed E-state index contributed by atoms with van der Waals surface area (Å²) in [5.74, 6) is 0. The molecule has 2 aliphatic rings. The van der Waals surface area contributed by atoms with Crippen molar-refractivity contribution >= 4 is 39.9 Å². The Kier molecular flexibility index (Phi) is 8.69. The van der Waals surface area contributed by atoms with Gasteiger partial charge in [0.05, 0.1) is 22.4 Å². The maximum atomic E-state index is 5.93. The van der Waals surface area contributed by atoms with E-state index in [1.807, 2.05) is 104 Å². The molecule has 0 aliphatic carbocycles. The smallest absolute Gasteiger partial charge is 0.399 e. The fourth-order valence-electron chi connectivity index (χ4n) is 2.84. The van der Waals surface area contributed by atoms with Gasteiger partial charge in [-0.15, -0.1) is 0 Å². The first-order valence-electron chi connectivity index (χ1n) is 11.1. The minimum Gasteiger partial charge on any atom is -0.399 e. The average Bonchev–Trinajstić information content (AvgIpc) is 3.07. The summed E-state index contributed by atoms with van der Waals surface area (Å²) in [5.41, 5.74) is 12.9. The minimum atomic E-state index is -0.369. The van der Waals surface area contributed by atoms with Crippen LogP contribution in [0.1, 0.15) is 55.4 Å². The zero-order chi connectivity index (χ0) is 25.1. The average molecular weight is 521 g/mol. The normalized spacial score (nSPS) is 21.4. The molecule has 2 fully saturated rings. The molecule has 0 aromatic heterocycles. The van der Waals surface area contributed by atoms with Crippen molar-refractivity contribution in [3.8, 4) is 0 Å². The van der Waals surface area contributed by atoms with Crippen LogP contribution in [-0.2, 0) is 18.8 Å². The van der Waals surface area contributed by atoms with Gasteiger partial charge in [0, 0.05) is 21.3 Å². The van der Waals surface area contributed by atoms with E-state index in [-0.39, 0.29) is 29.5 Å². The lowest BCUT2D eigenvalue weighted by molar-refractivity contribution is 0.00578. The SMILES string of the molecule is CC1(C)OB(c2ccccc2N)OC1(C)C.CC1(C)OCOC1(C)C.Nc1ccccc1Br. The van der Waals surface area contributed by atoms with Gasteiger partial charge in [-0.3, -0.25) is 0 Å². The molecule has 2 saturated heterocycles. The zero-order valence-electron chi connectivity index (χ0n) is 21.1. The van der Waals surface area contributed by atoms with Gasteiger partial charge in [0.15, 0.2) is 0 Å². The highest BCUT2D eigenvalue weighted by Crippen LogP contribution is 2.37. The second-order valence-electron chi connectivity index (χ2n) is 10.2. The summed E-state index contributed by atoms with van der Waals surface area (Å²) < 4.78 is 23.5. The van der Waals surface area contributed by atoms with E-state index in [1.165, 1.54) is 0 Å². The van der Waals surface area contributed by atoms with Crippen LogP contribution in [0.25, 0.3) is 0 Å². The predicted molar refractivity (Wildman–Crippen MR) is 140 cm³/mol. The highest BCUT2D eigenvalue weighted by atomic mass is 79.9. The van der Waals surface area contributed by atoms with E-state index in [1.54, 1.807) is 0 Å². The lowest BCUT2D eigenvalue weighted by Gasteiger charge is -2.32. The van der Waals surface area contributed by atoms with Crippen LogP contribution in [0.5, 0.6) is 0 Å². The summed E-state index contributed by atoms with van der Waals surface area (Å²) in [6.07, 6.45) is 0. The van der Waals surface area contributed by atoms with Crippen LogP contribution in [0.15, 0.2) is 53.0 Å². The van der Waals surface area contributed by atoms with Crippen molar-refractivity contribution in [2.24, 2.45) is 0 Å². The highest BCUT2D eigenvalue weighted by molar-refractivity contribution is 9.10. The second kappa shape index (κ2) is 10.4. The molecule has 6 nitrogen and oxygen atoms in total. The molecule has 182 valence electrons. The molecule has 8 heteroatoms. The second-order valence-corrected chi connectivity index (χ2v) is 11.0. The van der Waals surface area contributed by atoms with E-state index in [4.69, 9.17) is 30.2 Å². The van der Waals surface area contributed by atoms with Gasteiger partial charge in [0.1, 0.15) is 6.79 Å². The van der Waals surface area contributed by atoms with Gasteiger partial charge in [-0.1, -0.05) is 30.3 Å². The van der Waals surface area contributed by atoms with Gasteiger partial charge >= 0.3 is 7.12 Å². The maximum absolute atomic E-state index is 5.93. The highest BCUT2D eigenvalue weighted by Gasteiger charge is 2.52. The first kappa shape index (κ1) is 27.7. The molecule has 2 aliphatic heterocycles. The summed E-state index contributed by atoms with van der Waals surface area (Å²) >= 11 is 3.27. The molecule has 0 bridgehead atoms. The number of hydrogen-bond donors (Lipinski definition) is 2. The number of halogens is 1. The number of nitrogen functional groups attached to an aromatic ring is 2. The Hall–Kier alpha value is -1.58. The Balaban J connectivity index is 0.000000192. The van der Waals surface area contributed by atoms with Crippen LogP contribution in [0.4, 0.5) is 11.4 Å². The first-order valence-corrected chi connectivity index (χ1v) is 11.9. The number of hydrogen-bond acceptors (Lipinski definition) is 6. The van der Waals surface area contributed by atoms with E-state index < -0.39 is 0 Å². The van der Waals surface area contributed by atoms with Crippen LogP contribution < -0.4 is 16.9 Å². The molecule has 33 heavy (non-hydrogen) atoms. The van der Waals surface area contributed by atoms with Gasteiger partial charge in [0.25, 0.3) is 0 Å². The monoisotopic (exact) mass is 520 g/mol. The van der Waals surface area contributed by atoms with Crippen LogP contribution in [0, 0.1) is 0 Å². The molecule has 0 saturated carbocycles. The molecule has 0 spiro atoms. The summed E-state index contributed by atoms with van der Waals surface area (Å²) in [4.78, 5) is 0. The van der Waals surface area contributed by atoms with Gasteiger partial charge in [0.2, 0.25) is 0 Å². The maximum Gasteiger partial charge on any atom is 0.496 e. The standard InChI is InChI=1S/C12H18BNO2.C7H14O2.C6H6BrN/c1-11(2)12(3,4)16-13(15-11)9-7-5-6-8-10(9)14;1-6(2)7(3,4)9-5-8-6;7-5-3-1-2-4-6(5)8/h5-8H,14H2,1-4H3;5H2,1-4H3;1-4H,8H2. The number of benzene rings is 2. The largest absolute Gasteiger partial charge is 0.496 e. The molecule has 0 amide bonds. The van der Waals surface area contributed by atoms with Crippen molar-refractivity contribution in [2.75, 3.05) is 18.3 Å². The van der Waals surface area contributed by atoms with Gasteiger partial charge < -0.3 is 30.2 Å². The number of rotatable bonds is 1. The third-order valence-corrected chi connectivity index (χ3v) is 7.42. The molecular formula is C25H38BBrN2O4. The quantitative estimate of drug-likeness (QED) is 0.399. The summed E-state index contributed by atoms with van der Waals surface area (Å²) in [7, 11) is -0.369. The lowest BCUT2D eigenvalue weighted by atomic mass is 9.78. The van der Waals surface area contributed by atoms with Gasteiger partial charge in [-0.05, 0) is 89.5 Å². The summed E-state index contributed by atoms with van der Waals surface area (Å²) in [6.45, 7) is 16.7.